The first kappa shape index (κ1) is 16.3. The second-order valence-corrected chi connectivity index (χ2v) is 4.86. The molecule has 0 saturated heterocycles. The summed E-state index contributed by atoms with van der Waals surface area (Å²) in [4.78, 5) is 35.5. The minimum Gasteiger partial charge on any atom is -0.448 e. The highest BCUT2D eigenvalue weighted by Crippen LogP contribution is 2.04. The number of nitrogens with zero attached hydrogens (tertiary/aromatic N) is 1. The standard InChI is InChI=1S/C16H17N3O4/c1-11(23-16(22)13-9-6-10-19(13)2)14(20)17-18-15(21)12-7-4-3-5-8-12/h3-11H,1-2H3,(H,17,20)(H,18,21)/t11-/m1/s1. The topological polar surface area (TPSA) is 89.4 Å². The Balaban J connectivity index is 1.85. The molecular formula is C16H17N3O4. The molecule has 0 aliphatic rings. The summed E-state index contributed by atoms with van der Waals surface area (Å²) in [7, 11) is 1.70. The molecule has 2 amide bonds. The minimum atomic E-state index is -1.05. The van der Waals surface area contributed by atoms with Gasteiger partial charge in [0.25, 0.3) is 11.8 Å². The molecule has 0 spiro atoms. The monoisotopic (exact) mass is 315 g/mol. The molecule has 0 saturated carbocycles. The SMILES string of the molecule is C[C@@H](OC(=O)c1cccn1C)C(=O)NNC(=O)c1ccccc1. The van der Waals surface area contributed by atoms with Gasteiger partial charge in [-0.1, -0.05) is 18.2 Å². The molecule has 0 bridgehead atoms. The van der Waals surface area contributed by atoms with Gasteiger partial charge in [0, 0.05) is 18.8 Å². The second kappa shape index (κ2) is 7.26. The fraction of sp³-hybridized carbons (Fsp3) is 0.188. The van der Waals surface area contributed by atoms with Gasteiger partial charge in [0.2, 0.25) is 0 Å². The Morgan fingerprint density at radius 3 is 2.35 bits per heavy atom. The number of aryl methyl sites for hydroxylation is 1. The molecule has 1 atom stereocenters. The first-order valence-corrected chi connectivity index (χ1v) is 6.96. The lowest BCUT2D eigenvalue weighted by atomic mass is 10.2. The van der Waals surface area contributed by atoms with E-state index in [1.165, 1.54) is 6.92 Å². The summed E-state index contributed by atoms with van der Waals surface area (Å²) in [6.07, 6.45) is 0.648. The van der Waals surface area contributed by atoms with Crippen LogP contribution in [0.25, 0.3) is 0 Å². The fourth-order valence-corrected chi connectivity index (χ4v) is 1.83. The molecule has 1 aromatic heterocycles. The number of esters is 1. The van der Waals surface area contributed by atoms with Crippen LogP contribution in [0.15, 0.2) is 48.7 Å². The number of carbonyl (C=O) groups is 3. The highest BCUT2D eigenvalue weighted by molar-refractivity contribution is 5.96. The quantitative estimate of drug-likeness (QED) is 0.651. The first-order chi connectivity index (χ1) is 11.0. The van der Waals surface area contributed by atoms with E-state index < -0.39 is 23.9 Å². The zero-order chi connectivity index (χ0) is 16.8. The molecule has 0 radical (unpaired) electrons. The zero-order valence-electron chi connectivity index (χ0n) is 12.8. The van der Waals surface area contributed by atoms with Crippen LogP contribution < -0.4 is 10.9 Å². The van der Waals surface area contributed by atoms with Crippen molar-refractivity contribution in [1.82, 2.24) is 15.4 Å². The van der Waals surface area contributed by atoms with E-state index in [2.05, 4.69) is 10.9 Å². The molecule has 0 aliphatic carbocycles. The van der Waals surface area contributed by atoms with Gasteiger partial charge >= 0.3 is 5.97 Å². The van der Waals surface area contributed by atoms with Crippen LogP contribution in [-0.2, 0) is 16.6 Å². The fourth-order valence-electron chi connectivity index (χ4n) is 1.83. The lowest BCUT2D eigenvalue weighted by Crippen LogP contribution is -2.46. The van der Waals surface area contributed by atoms with Crippen LogP contribution in [0.5, 0.6) is 0 Å². The van der Waals surface area contributed by atoms with E-state index in [9.17, 15) is 14.4 Å². The summed E-state index contributed by atoms with van der Waals surface area (Å²) >= 11 is 0. The molecule has 1 aromatic carbocycles. The van der Waals surface area contributed by atoms with Crippen LogP contribution in [0.1, 0.15) is 27.8 Å². The van der Waals surface area contributed by atoms with Crippen LogP contribution in [-0.4, -0.2) is 28.5 Å². The summed E-state index contributed by atoms with van der Waals surface area (Å²) in [5.74, 6) is -1.70. The molecule has 7 nitrogen and oxygen atoms in total. The lowest BCUT2D eigenvalue weighted by molar-refractivity contribution is -0.129. The number of nitrogens with one attached hydrogen (secondary N) is 2. The molecule has 0 unspecified atom stereocenters. The number of ether oxygens (including phenoxy) is 1. The van der Waals surface area contributed by atoms with Crippen molar-refractivity contribution in [3.05, 3.63) is 59.9 Å². The number of carbonyl (C=O) groups excluding carboxylic acids is 3. The van der Waals surface area contributed by atoms with Crippen molar-refractivity contribution < 1.29 is 19.1 Å². The van der Waals surface area contributed by atoms with Crippen molar-refractivity contribution in [2.45, 2.75) is 13.0 Å². The summed E-state index contributed by atoms with van der Waals surface area (Å²) in [6, 6.07) is 11.7. The Bertz CT molecular complexity index is 709. The van der Waals surface area contributed by atoms with Crippen LogP contribution in [0.3, 0.4) is 0 Å². The smallest absolute Gasteiger partial charge is 0.355 e. The van der Waals surface area contributed by atoms with Gasteiger partial charge < -0.3 is 9.30 Å². The summed E-state index contributed by atoms with van der Waals surface area (Å²) in [5, 5.41) is 0. The Hall–Kier alpha value is -3.09. The Morgan fingerprint density at radius 1 is 1.04 bits per heavy atom. The first-order valence-electron chi connectivity index (χ1n) is 6.96. The highest BCUT2D eigenvalue weighted by atomic mass is 16.5. The Labute approximate surface area is 133 Å². The molecule has 2 aromatic rings. The molecule has 120 valence electrons. The van der Waals surface area contributed by atoms with Gasteiger partial charge in [0.05, 0.1) is 0 Å². The molecule has 1 heterocycles. The average Bonchev–Trinajstić information content (AvgIpc) is 2.99. The van der Waals surface area contributed by atoms with Gasteiger partial charge in [-0.15, -0.1) is 0 Å². The molecular weight excluding hydrogens is 298 g/mol. The third-order valence-corrected chi connectivity index (χ3v) is 3.14. The number of amides is 2. The molecule has 23 heavy (non-hydrogen) atoms. The maximum atomic E-state index is 11.9. The summed E-state index contributed by atoms with van der Waals surface area (Å²) in [6.45, 7) is 1.42. The molecule has 2 N–H and O–H groups in total. The number of hydrogen-bond acceptors (Lipinski definition) is 4. The van der Waals surface area contributed by atoms with Crippen molar-refractivity contribution in [3.63, 3.8) is 0 Å². The molecule has 7 heteroatoms. The molecule has 2 rings (SSSR count). The maximum Gasteiger partial charge on any atom is 0.355 e. The minimum absolute atomic E-state index is 0.331. The van der Waals surface area contributed by atoms with Crippen LogP contribution in [0.2, 0.25) is 0 Å². The Morgan fingerprint density at radius 2 is 1.74 bits per heavy atom. The lowest BCUT2D eigenvalue weighted by Gasteiger charge is -2.14. The van der Waals surface area contributed by atoms with Crippen molar-refractivity contribution in [2.75, 3.05) is 0 Å². The number of rotatable bonds is 4. The van der Waals surface area contributed by atoms with E-state index in [4.69, 9.17) is 4.74 Å². The van der Waals surface area contributed by atoms with Crippen molar-refractivity contribution in [1.29, 1.82) is 0 Å². The van der Waals surface area contributed by atoms with E-state index in [-0.39, 0.29) is 0 Å². The third kappa shape index (κ3) is 4.19. The van der Waals surface area contributed by atoms with Gasteiger partial charge in [-0.25, -0.2) is 4.79 Å². The van der Waals surface area contributed by atoms with E-state index in [1.54, 1.807) is 60.3 Å². The summed E-state index contributed by atoms with van der Waals surface area (Å²) < 4.78 is 6.64. The van der Waals surface area contributed by atoms with Gasteiger partial charge in [-0.3, -0.25) is 20.4 Å². The number of benzene rings is 1. The predicted octanol–water partition coefficient (Wildman–Crippen LogP) is 1.03. The van der Waals surface area contributed by atoms with Gasteiger partial charge in [-0.05, 0) is 31.2 Å². The highest BCUT2D eigenvalue weighted by Gasteiger charge is 2.20. The third-order valence-electron chi connectivity index (χ3n) is 3.14. The second-order valence-electron chi connectivity index (χ2n) is 4.86. The van der Waals surface area contributed by atoms with Crippen LogP contribution in [0.4, 0.5) is 0 Å². The normalized spacial score (nSPS) is 11.4. The van der Waals surface area contributed by atoms with E-state index in [0.29, 0.717) is 11.3 Å². The van der Waals surface area contributed by atoms with Crippen molar-refractivity contribution in [3.8, 4) is 0 Å². The summed E-state index contributed by atoms with van der Waals surface area (Å²) in [5.41, 5.74) is 5.22. The number of hydrogen-bond donors (Lipinski definition) is 2. The van der Waals surface area contributed by atoms with Gasteiger partial charge in [-0.2, -0.15) is 0 Å². The van der Waals surface area contributed by atoms with Crippen molar-refractivity contribution in [2.24, 2.45) is 7.05 Å². The van der Waals surface area contributed by atoms with Crippen LogP contribution in [0, 0.1) is 0 Å². The van der Waals surface area contributed by atoms with Gasteiger partial charge in [0.15, 0.2) is 6.10 Å². The van der Waals surface area contributed by atoms with Crippen LogP contribution >= 0.6 is 0 Å². The molecule has 0 fully saturated rings. The molecule has 0 aliphatic heterocycles. The van der Waals surface area contributed by atoms with Crippen molar-refractivity contribution >= 4 is 17.8 Å². The van der Waals surface area contributed by atoms with E-state index in [1.807, 2.05) is 0 Å². The zero-order valence-corrected chi connectivity index (χ0v) is 12.8. The predicted molar refractivity (Wildman–Crippen MR) is 82.3 cm³/mol. The van der Waals surface area contributed by atoms with E-state index in [0.717, 1.165) is 0 Å². The largest absolute Gasteiger partial charge is 0.448 e. The number of aromatic nitrogens is 1. The number of hydrazine groups is 1. The van der Waals surface area contributed by atoms with E-state index >= 15 is 0 Å². The average molecular weight is 315 g/mol. The Kier molecular flexibility index (Phi) is 5.14. The van der Waals surface area contributed by atoms with Gasteiger partial charge in [0.1, 0.15) is 5.69 Å². The maximum absolute atomic E-state index is 11.9.